The molecule has 2 heterocycles. The van der Waals surface area contributed by atoms with Crippen LogP contribution in [0, 0.1) is 11.6 Å². The van der Waals surface area contributed by atoms with Crippen LogP contribution < -0.4 is 11.5 Å². The fourth-order valence-corrected chi connectivity index (χ4v) is 2.71. The van der Waals surface area contributed by atoms with Gasteiger partial charge in [-0.1, -0.05) is 6.07 Å². The molecule has 120 valence electrons. The quantitative estimate of drug-likeness (QED) is 0.428. The number of nitrogens with zero attached hydrogens (tertiary/aromatic N) is 4. The van der Waals surface area contributed by atoms with Crippen LogP contribution in [0.5, 0.6) is 0 Å². The fraction of sp³-hybridized carbons (Fsp3) is 0. The van der Waals surface area contributed by atoms with Crippen molar-refractivity contribution in [3.63, 3.8) is 0 Å². The van der Waals surface area contributed by atoms with Crippen molar-refractivity contribution in [1.82, 2.24) is 9.38 Å². The minimum absolute atomic E-state index is 0. The molecule has 0 saturated heterocycles. The third kappa shape index (κ3) is 3.15. The van der Waals surface area contributed by atoms with E-state index in [4.69, 9.17) is 11.5 Å². The molecular formula is C13H11ClF2N6S. The summed E-state index contributed by atoms with van der Waals surface area (Å²) in [5.74, 6) is -1.63. The number of hydrogen-bond donors (Lipinski definition) is 2. The van der Waals surface area contributed by atoms with Crippen molar-refractivity contribution in [2.75, 3.05) is 0 Å². The Kier molecular flexibility index (Phi) is 4.92. The van der Waals surface area contributed by atoms with E-state index in [1.165, 1.54) is 35.8 Å². The average molecular weight is 357 g/mol. The molecule has 0 aliphatic rings. The summed E-state index contributed by atoms with van der Waals surface area (Å²) in [5, 5.41) is 8.98. The number of hydrogen-bond acceptors (Lipinski definition) is 4. The summed E-state index contributed by atoms with van der Waals surface area (Å²) < 4.78 is 29.7. The van der Waals surface area contributed by atoms with Crippen LogP contribution in [0.25, 0.3) is 16.2 Å². The number of fused-ring (bicyclic) bond motifs is 1. The van der Waals surface area contributed by atoms with E-state index in [-0.39, 0.29) is 29.6 Å². The van der Waals surface area contributed by atoms with E-state index >= 15 is 0 Å². The van der Waals surface area contributed by atoms with Crippen molar-refractivity contribution in [3.05, 3.63) is 47.1 Å². The Bertz CT molecular complexity index is 877. The lowest BCUT2D eigenvalue weighted by Gasteiger charge is -2.03. The number of thiazole rings is 1. The molecule has 0 amide bonds. The molecule has 0 saturated carbocycles. The van der Waals surface area contributed by atoms with Gasteiger partial charge in [-0.05, 0) is 12.1 Å². The van der Waals surface area contributed by atoms with Gasteiger partial charge in [0.2, 0.25) is 5.96 Å². The second kappa shape index (κ2) is 6.71. The maximum atomic E-state index is 14.0. The predicted molar refractivity (Wildman–Crippen MR) is 89.1 cm³/mol. The Hall–Kier alpha value is -2.52. The van der Waals surface area contributed by atoms with Gasteiger partial charge in [-0.25, -0.2) is 13.8 Å². The van der Waals surface area contributed by atoms with Crippen LogP contribution in [0.15, 0.2) is 40.0 Å². The molecule has 0 aliphatic carbocycles. The highest BCUT2D eigenvalue weighted by atomic mass is 35.5. The highest BCUT2D eigenvalue weighted by Crippen LogP contribution is 2.29. The van der Waals surface area contributed by atoms with Gasteiger partial charge in [-0.15, -0.1) is 28.8 Å². The number of benzene rings is 1. The van der Waals surface area contributed by atoms with E-state index in [1.54, 1.807) is 16.0 Å². The summed E-state index contributed by atoms with van der Waals surface area (Å²) in [6, 6.07) is 3.63. The number of halogens is 3. The average Bonchev–Trinajstić information content (AvgIpc) is 3.01. The summed E-state index contributed by atoms with van der Waals surface area (Å²) in [6.07, 6.45) is 3.01. The highest BCUT2D eigenvalue weighted by molar-refractivity contribution is 7.15. The van der Waals surface area contributed by atoms with Crippen molar-refractivity contribution >= 4 is 40.9 Å². The summed E-state index contributed by atoms with van der Waals surface area (Å²) in [6.45, 7) is 0. The van der Waals surface area contributed by atoms with Gasteiger partial charge in [-0.3, -0.25) is 4.40 Å². The molecule has 0 aliphatic heterocycles. The summed E-state index contributed by atoms with van der Waals surface area (Å²) in [5.41, 5.74) is 10.7. The lowest BCUT2D eigenvalue weighted by atomic mass is 10.1. The van der Waals surface area contributed by atoms with E-state index in [1.807, 2.05) is 0 Å². The fourth-order valence-electron chi connectivity index (χ4n) is 1.98. The predicted octanol–water partition coefficient (Wildman–Crippen LogP) is 2.37. The van der Waals surface area contributed by atoms with Crippen molar-refractivity contribution in [1.29, 1.82) is 0 Å². The summed E-state index contributed by atoms with van der Waals surface area (Å²) in [7, 11) is 0. The van der Waals surface area contributed by atoms with Crippen molar-refractivity contribution in [2.24, 2.45) is 21.7 Å². The largest absolute Gasteiger partial charge is 0.369 e. The zero-order valence-electron chi connectivity index (χ0n) is 11.5. The van der Waals surface area contributed by atoms with Gasteiger partial charge in [0.15, 0.2) is 4.96 Å². The monoisotopic (exact) mass is 356 g/mol. The first-order chi connectivity index (χ1) is 10.6. The number of aromatic nitrogens is 2. The van der Waals surface area contributed by atoms with Gasteiger partial charge in [0.1, 0.15) is 17.3 Å². The molecule has 2 aromatic heterocycles. The molecule has 10 heteroatoms. The Morgan fingerprint density at radius 1 is 1.26 bits per heavy atom. The minimum Gasteiger partial charge on any atom is -0.369 e. The van der Waals surface area contributed by atoms with E-state index < -0.39 is 11.6 Å². The lowest BCUT2D eigenvalue weighted by Crippen LogP contribution is -2.21. The highest BCUT2D eigenvalue weighted by Gasteiger charge is 2.20. The Balaban J connectivity index is 0.00000192. The number of nitrogens with two attached hydrogens (primary N) is 2. The topological polar surface area (TPSA) is 94.1 Å². The first-order valence-electron chi connectivity index (χ1n) is 6.10. The normalized spacial score (nSPS) is 10.9. The molecule has 3 rings (SSSR count). The van der Waals surface area contributed by atoms with E-state index in [0.29, 0.717) is 10.7 Å². The van der Waals surface area contributed by atoms with Gasteiger partial charge in [0.25, 0.3) is 0 Å². The summed E-state index contributed by atoms with van der Waals surface area (Å²) in [4.78, 5) is 4.83. The van der Waals surface area contributed by atoms with Crippen LogP contribution in [-0.2, 0) is 0 Å². The number of rotatable bonds is 3. The molecule has 0 atom stereocenters. The molecule has 23 heavy (non-hydrogen) atoms. The van der Waals surface area contributed by atoms with Gasteiger partial charge in [0, 0.05) is 11.6 Å². The van der Waals surface area contributed by atoms with Crippen LogP contribution in [-0.4, -0.2) is 21.6 Å². The minimum atomic E-state index is -0.706. The smallest absolute Gasteiger partial charge is 0.211 e. The van der Waals surface area contributed by atoms with Crippen LogP contribution in [0.4, 0.5) is 8.78 Å². The molecule has 0 unspecified atom stereocenters. The van der Waals surface area contributed by atoms with Gasteiger partial charge in [0.05, 0.1) is 17.5 Å². The molecule has 1 aromatic carbocycles. The molecule has 6 nitrogen and oxygen atoms in total. The van der Waals surface area contributed by atoms with E-state index in [0.717, 1.165) is 0 Å². The molecular weight excluding hydrogens is 346 g/mol. The molecule has 3 aromatic rings. The van der Waals surface area contributed by atoms with Crippen LogP contribution in [0.3, 0.4) is 0 Å². The molecule has 0 fully saturated rings. The maximum Gasteiger partial charge on any atom is 0.211 e. The Labute approximate surface area is 139 Å². The van der Waals surface area contributed by atoms with Crippen molar-refractivity contribution < 1.29 is 8.78 Å². The van der Waals surface area contributed by atoms with Gasteiger partial charge in [-0.2, -0.15) is 5.10 Å². The standard InChI is InChI=1S/C13H10F2N6S.ClH/c14-7-2-1-3-8(15)10(7)11-9(6-18-20-12(16)17)21-4-5-22-13(21)19-11;/h1-6H,(H4,16,17,20);1H/b18-6-;. The van der Waals surface area contributed by atoms with Crippen LogP contribution >= 0.6 is 23.7 Å². The lowest BCUT2D eigenvalue weighted by molar-refractivity contribution is 0.589. The van der Waals surface area contributed by atoms with Crippen LogP contribution in [0.1, 0.15) is 5.69 Å². The Morgan fingerprint density at radius 2 is 1.96 bits per heavy atom. The SMILES string of the molecule is Cl.NC(N)=N/N=C\c1c(-c2c(F)cccc2F)nc2sccn12. The number of guanidine groups is 1. The second-order valence-corrected chi connectivity index (χ2v) is 5.14. The van der Waals surface area contributed by atoms with E-state index in [2.05, 4.69) is 15.2 Å². The zero-order chi connectivity index (χ0) is 15.7. The second-order valence-electron chi connectivity index (χ2n) is 4.27. The summed E-state index contributed by atoms with van der Waals surface area (Å²) >= 11 is 1.33. The van der Waals surface area contributed by atoms with Crippen LogP contribution in [0.2, 0.25) is 0 Å². The zero-order valence-corrected chi connectivity index (χ0v) is 13.1. The third-order valence-corrected chi connectivity index (χ3v) is 3.61. The first kappa shape index (κ1) is 16.8. The first-order valence-corrected chi connectivity index (χ1v) is 6.98. The van der Waals surface area contributed by atoms with Gasteiger partial charge >= 0.3 is 0 Å². The Morgan fingerprint density at radius 3 is 2.61 bits per heavy atom. The van der Waals surface area contributed by atoms with Crippen molar-refractivity contribution in [2.45, 2.75) is 0 Å². The maximum absolute atomic E-state index is 14.0. The molecule has 4 N–H and O–H groups in total. The molecule has 0 spiro atoms. The van der Waals surface area contributed by atoms with Crippen molar-refractivity contribution in [3.8, 4) is 11.3 Å². The van der Waals surface area contributed by atoms with Gasteiger partial charge < -0.3 is 11.5 Å². The van der Waals surface area contributed by atoms with E-state index in [9.17, 15) is 8.78 Å². The number of imidazole rings is 1. The third-order valence-electron chi connectivity index (χ3n) is 2.85. The molecule has 0 radical (unpaired) electrons. The molecule has 0 bridgehead atoms.